The third-order valence-corrected chi connectivity index (χ3v) is 3.49. The molecule has 2 aromatic heterocycles. The van der Waals surface area contributed by atoms with Gasteiger partial charge in [0.15, 0.2) is 0 Å². The molecule has 0 bridgehead atoms. The SMILES string of the molecule is COCc1cc(Cl)nc2cc(-c3ccco3)c(C)cc12. The number of methoxy groups -OCH3 is 1. The smallest absolute Gasteiger partial charge is 0.134 e. The lowest BCUT2D eigenvalue weighted by Crippen LogP contribution is -1.94. The fraction of sp³-hybridized carbons (Fsp3) is 0.188. The van der Waals surface area contributed by atoms with Gasteiger partial charge in [0.1, 0.15) is 10.9 Å². The number of aryl methyl sites for hydroxylation is 1. The maximum atomic E-state index is 6.09. The van der Waals surface area contributed by atoms with Gasteiger partial charge in [-0.2, -0.15) is 0 Å². The van der Waals surface area contributed by atoms with Gasteiger partial charge in [-0.1, -0.05) is 11.6 Å². The zero-order valence-electron chi connectivity index (χ0n) is 11.3. The van der Waals surface area contributed by atoms with Crippen LogP contribution in [0.2, 0.25) is 5.15 Å². The van der Waals surface area contributed by atoms with Gasteiger partial charge >= 0.3 is 0 Å². The van der Waals surface area contributed by atoms with Crippen molar-refractivity contribution >= 4 is 22.5 Å². The molecule has 0 aliphatic heterocycles. The lowest BCUT2D eigenvalue weighted by molar-refractivity contribution is 0.186. The van der Waals surface area contributed by atoms with Crippen LogP contribution in [0.1, 0.15) is 11.1 Å². The monoisotopic (exact) mass is 287 g/mol. The summed E-state index contributed by atoms with van der Waals surface area (Å²) in [5, 5.41) is 1.53. The van der Waals surface area contributed by atoms with Crippen LogP contribution in [-0.2, 0) is 11.3 Å². The predicted octanol–water partition coefficient (Wildman–Crippen LogP) is 4.60. The fourth-order valence-electron chi connectivity index (χ4n) is 2.39. The van der Waals surface area contributed by atoms with Crippen LogP contribution in [0, 0.1) is 6.92 Å². The minimum atomic E-state index is 0.471. The molecule has 0 unspecified atom stereocenters. The van der Waals surface area contributed by atoms with Gasteiger partial charge in [0.2, 0.25) is 0 Å². The fourth-order valence-corrected chi connectivity index (χ4v) is 2.61. The number of furan rings is 1. The van der Waals surface area contributed by atoms with E-state index in [2.05, 4.69) is 18.0 Å². The Hall–Kier alpha value is -1.84. The molecule has 0 saturated carbocycles. The van der Waals surface area contributed by atoms with Crippen molar-refractivity contribution in [2.75, 3.05) is 7.11 Å². The van der Waals surface area contributed by atoms with Crippen LogP contribution in [0.25, 0.3) is 22.2 Å². The minimum absolute atomic E-state index is 0.471. The summed E-state index contributed by atoms with van der Waals surface area (Å²) in [6.07, 6.45) is 1.67. The highest BCUT2D eigenvalue weighted by Gasteiger charge is 2.11. The maximum absolute atomic E-state index is 6.09. The van der Waals surface area contributed by atoms with Crippen molar-refractivity contribution in [1.29, 1.82) is 0 Å². The van der Waals surface area contributed by atoms with Crippen molar-refractivity contribution in [3.63, 3.8) is 0 Å². The Balaban J connectivity index is 2.26. The number of halogens is 1. The first-order valence-electron chi connectivity index (χ1n) is 6.31. The van der Waals surface area contributed by atoms with E-state index in [4.69, 9.17) is 20.8 Å². The van der Waals surface area contributed by atoms with Gasteiger partial charge in [0.25, 0.3) is 0 Å². The first-order valence-corrected chi connectivity index (χ1v) is 6.69. The zero-order chi connectivity index (χ0) is 14.1. The number of nitrogens with zero attached hydrogens (tertiary/aromatic N) is 1. The van der Waals surface area contributed by atoms with Crippen LogP contribution in [0.4, 0.5) is 0 Å². The van der Waals surface area contributed by atoms with Crippen molar-refractivity contribution in [3.05, 3.63) is 52.9 Å². The lowest BCUT2D eigenvalue weighted by atomic mass is 10.0. The van der Waals surface area contributed by atoms with Gasteiger partial charge < -0.3 is 9.15 Å². The highest BCUT2D eigenvalue weighted by molar-refractivity contribution is 6.30. The molecule has 0 saturated heterocycles. The summed E-state index contributed by atoms with van der Waals surface area (Å²) >= 11 is 6.09. The molecule has 3 aromatic rings. The predicted molar refractivity (Wildman–Crippen MR) is 79.9 cm³/mol. The van der Waals surface area contributed by atoms with E-state index in [9.17, 15) is 0 Å². The van der Waals surface area contributed by atoms with Gasteiger partial charge in [-0.3, -0.25) is 0 Å². The van der Waals surface area contributed by atoms with Crippen LogP contribution in [0.15, 0.2) is 41.0 Å². The second kappa shape index (κ2) is 5.27. The molecule has 1 aromatic carbocycles. The van der Waals surface area contributed by atoms with Crippen molar-refractivity contribution in [2.24, 2.45) is 0 Å². The largest absolute Gasteiger partial charge is 0.464 e. The number of pyridine rings is 1. The summed E-state index contributed by atoms with van der Waals surface area (Å²) in [4.78, 5) is 4.40. The normalized spacial score (nSPS) is 11.2. The van der Waals surface area contributed by atoms with Gasteiger partial charge in [-0.05, 0) is 48.4 Å². The standard InChI is InChI=1S/C16H14ClNO2/c1-10-6-13-11(9-19-2)7-16(17)18-14(13)8-12(10)15-4-3-5-20-15/h3-8H,9H2,1-2H3. The van der Waals surface area contributed by atoms with Crippen LogP contribution < -0.4 is 0 Å². The lowest BCUT2D eigenvalue weighted by Gasteiger charge is -2.10. The maximum Gasteiger partial charge on any atom is 0.134 e. The van der Waals surface area contributed by atoms with E-state index in [1.165, 1.54) is 0 Å². The molecule has 0 aliphatic rings. The van der Waals surface area contributed by atoms with E-state index in [0.717, 1.165) is 33.4 Å². The first-order chi connectivity index (χ1) is 9.69. The summed E-state index contributed by atoms with van der Waals surface area (Å²) in [5.74, 6) is 0.833. The summed E-state index contributed by atoms with van der Waals surface area (Å²) < 4.78 is 10.7. The number of rotatable bonds is 3. The highest BCUT2D eigenvalue weighted by atomic mass is 35.5. The Morgan fingerprint density at radius 3 is 2.85 bits per heavy atom. The Kier molecular flexibility index (Phi) is 3.47. The second-order valence-electron chi connectivity index (χ2n) is 4.70. The van der Waals surface area contributed by atoms with Gasteiger partial charge in [0.05, 0.1) is 18.4 Å². The van der Waals surface area contributed by atoms with Gasteiger partial charge in [0, 0.05) is 18.1 Å². The number of fused-ring (bicyclic) bond motifs is 1. The number of hydrogen-bond acceptors (Lipinski definition) is 3. The molecule has 2 heterocycles. The van der Waals surface area contributed by atoms with Crippen molar-refractivity contribution in [1.82, 2.24) is 4.98 Å². The molecule has 0 spiro atoms. The first kappa shape index (κ1) is 13.2. The molecule has 102 valence electrons. The molecule has 0 atom stereocenters. The molecular formula is C16H14ClNO2. The van der Waals surface area contributed by atoms with Gasteiger partial charge in [-0.25, -0.2) is 4.98 Å². The molecule has 0 N–H and O–H groups in total. The average molecular weight is 288 g/mol. The third kappa shape index (κ3) is 2.30. The highest BCUT2D eigenvalue weighted by Crippen LogP contribution is 2.30. The Morgan fingerprint density at radius 2 is 2.15 bits per heavy atom. The van der Waals surface area contributed by atoms with E-state index in [-0.39, 0.29) is 0 Å². The van der Waals surface area contributed by atoms with Crippen LogP contribution in [0.3, 0.4) is 0 Å². The summed E-state index contributed by atoms with van der Waals surface area (Å²) in [7, 11) is 1.67. The molecule has 0 aliphatic carbocycles. The molecule has 0 radical (unpaired) electrons. The number of hydrogen-bond donors (Lipinski definition) is 0. The molecule has 3 nitrogen and oxygen atoms in total. The summed E-state index contributed by atoms with van der Waals surface area (Å²) in [6, 6.07) is 9.77. The molecule has 0 fully saturated rings. The average Bonchev–Trinajstić information content (AvgIpc) is 2.93. The van der Waals surface area contributed by atoms with E-state index < -0.39 is 0 Å². The van der Waals surface area contributed by atoms with Crippen LogP contribution >= 0.6 is 11.6 Å². The number of benzene rings is 1. The molecule has 3 rings (SSSR count). The van der Waals surface area contributed by atoms with Crippen molar-refractivity contribution in [2.45, 2.75) is 13.5 Å². The second-order valence-corrected chi connectivity index (χ2v) is 5.09. The Morgan fingerprint density at radius 1 is 1.30 bits per heavy atom. The number of aromatic nitrogens is 1. The number of ether oxygens (including phenoxy) is 1. The molecular weight excluding hydrogens is 274 g/mol. The third-order valence-electron chi connectivity index (χ3n) is 3.30. The van der Waals surface area contributed by atoms with Gasteiger partial charge in [-0.15, -0.1) is 0 Å². The van der Waals surface area contributed by atoms with Crippen molar-refractivity contribution < 1.29 is 9.15 Å². The Bertz CT molecular complexity index is 751. The van der Waals surface area contributed by atoms with Crippen LogP contribution in [-0.4, -0.2) is 12.1 Å². The van der Waals surface area contributed by atoms with E-state index in [0.29, 0.717) is 11.8 Å². The molecule has 0 amide bonds. The van der Waals surface area contributed by atoms with E-state index in [1.807, 2.05) is 24.3 Å². The summed E-state index contributed by atoms with van der Waals surface area (Å²) in [5.41, 5.74) is 4.05. The van der Waals surface area contributed by atoms with Crippen LogP contribution in [0.5, 0.6) is 0 Å². The zero-order valence-corrected chi connectivity index (χ0v) is 12.1. The minimum Gasteiger partial charge on any atom is -0.464 e. The summed E-state index contributed by atoms with van der Waals surface area (Å²) in [6.45, 7) is 2.57. The van der Waals surface area contributed by atoms with E-state index in [1.54, 1.807) is 13.4 Å². The molecule has 4 heteroatoms. The molecule has 20 heavy (non-hydrogen) atoms. The topological polar surface area (TPSA) is 35.3 Å². The van der Waals surface area contributed by atoms with Crippen molar-refractivity contribution in [3.8, 4) is 11.3 Å². The van der Waals surface area contributed by atoms with E-state index >= 15 is 0 Å². The quantitative estimate of drug-likeness (QED) is 0.660. The Labute approximate surface area is 122 Å².